The van der Waals surface area contributed by atoms with E-state index in [1.165, 1.54) is 25.7 Å². The first kappa shape index (κ1) is 16.0. The molecule has 1 heterocycles. The smallest absolute Gasteiger partial charge is 0.158 e. The highest BCUT2D eigenvalue weighted by Gasteiger charge is 2.18. The van der Waals surface area contributed by atoms with Crippen molar-refractivity contribution >= 4 is 11.6 Å². The zero-order valence-corrected chi connectivity index (χ0v) is 13.5. The molecule has 1 saturated carbocycles. The van der Waals surface area contributed by atoms with E-state index in [9.17, 15) is 0 Å². The van der Waals surface area contributed by atoms with Crippen LogP contribution in [-0.4, -0.2) is 29.2 Å². The number of nitrogens with zero attached hydrogens (tertiary/aromatic N) is 2. The van der Waals surface area contributed by atoms with Crippen molar-refractivity contribution in [2.75, 3.05) is 23.8 Å². The molecule has 21 heavy (non-hydrogen) atoms. The van der Waals surface area contributed by atoms with Gasteiger partial charge in [-0.05, 0) is 45.4 Å². The van der Waals surface area contributed by atoms with Crippen LogP contribution in [0.3, 0.4) is 0 Å². The molecule has 1 aromatic rings. The second-order valence-electron chi connectivity index (χ2n) is 5.82. The standard InChI is InChI=1S/C16H28N4O/c1-4-17-14-10-15(20-16(19-14)11-21-5-2)18-13-8-6-12(3)7-9-13/h10,12-13H,4-9,11H2,1-3H3,(H2,17,18,19,20). The molecule has 1 aliphatic rings. The van der Waals surface area contributed by atoms with Crippen molar-refractivity contribution in [3.8, 4) is 0 Å². The highest BCUT2D eigenvalue weighted by atomic mass is 16.5. The summed E-state index contributed by atoms with van der Waals surface area (Å²) in [6, 6.07) is 2.53. The van der Waals surface area contributed by atoms with Gasteiger partial charge in [0.25, 0.3) is 0 Å². The van der Waals surface area contributed by atoms with E-state index >= 15 is 0 Å². The Balaban J connectivity index is 2.03. The van der Waals surface area contributed by atoms with Gasteiger partial charge >= 0.3 is 0 Å². The number of anilines is 2. The fraction of sp³-hybridized carbons (Fsp3) is 0.750. The first-order valence-corrected chi connectivity index (χ1v) is 8.17. The molecule has 5 nitrogen and oxygen atoms in total. The Bertz CT molecular complexity index is 430. The third-order valence-corrected chi connectivity index (χ3v) is 3.93. The van der Waals surface area contributed by atoms with Gasteiger partial charge in [0.15, 0.2) is 5.82 Å². The molecule has 0 aliphatic heterocycles. The molecule has 0 spiro atoms. The van der Waals surface area contributed by atoms with Gasteiger partial charge in [0.05, 0.1) is 0 Å². The van der Waals surface area contributed by atoms with Gasteiger partial charge in [0.2, 0.25) is 0 Å². The highest BCUT2D eigenvalue weighted by molar-refractivity contribution is 5.48. The van der Waals surface area contributed by atoms with Crippen molar-refractivity contribution in [2.24, 2.45) is 5.92 Å². The number of nitrogens with one attached hydrogen (secondary N) is 2. The number of hydrogen-bond acceptors (Lipinski definition) is 5. The van der Waals surface area contributed by atoms with E-state index in [0.29, 0.717) is 19.3 Å². The quantitative estimate of drug-likeness (QED) is 0.806. The van der Waals surface area contributed by atoms with Crippen LogP contribution in [-0.2, 0) is 11.3 Å². The van der Waals surface area contributed by atoms with Gasteiger partial charge in [-0.15, -0.1) is 0 Å². The number of ether oxygens (including phenoxy) is 1. The summed E-state index contributed by atoms with van der Waals surface area (Å²) in [5.74, 6) is 3.38. The monoisotopic (exact) mass is 292 g/mol. The van der Waals surface area contributed by atoms with Gasteiger partial charge in [0, 0.05) is 25.3 Å². The van der Waals surface area contributed by atoms with Gasteiger partial charge < -0.3 is 15.4 Å². The number of hydrogen-bond donors (Lipinski definition) is 2. The molecule has 0 atom stereocenters. The van der Waals surface area contributed by atoms with Crippen molar-refractivity contribution in [1.29, 1.82) is 0 Å². The van der Waals surface area contributed by atoms with E-state index in [0.717, 1.165) is 29.9 Å². The Kier molecular flexibility index (Phi) is 6.23. The van der Waals surface area contributed by atoms with Gasteiger partial charge in [-0.1, -0.05) is 6.92 Å². The Labute approximate surface area is 127 Å². The van der Waals surface area contributed by atoms with Crippen LogP contribution in [0.2, 0.25) is 0 Å². The summed E-state index contributed by atoms with van der Waals surface area (Å²) >= 11 is 0. The minimum absolute atomic E-state index is 0.464. The lowest BCUT2D eigenvalue weighted by Crippen LogP contribution is -2.26. The molecule has 0 unspecified atom stereocenters. The summed E-state index contributed by atoms with van der Waals surface area (Å²) in [4.78, 5) is 9.06. The molecule has 1 aromatic heterocycles. The molecule has 5 heteroatoms. The Hall–Kier alpha value is -1.36. The lowest BCUT2D eigenvalue weighted by Gasteiger charge is -2.27. The largest absolute Gasteiger partial charge is 0.374 e. The van der Waals surface area contributed by atoms with Crippen molar-refractivity contribution in [2.45, 2.75) is 59.1 Å². The predicted molar refractivity (Wildman–Crippen MR) is 86.6 cm³/mol. The first-order valence-electron chi connectivity index (χ1n) is 8.17. The molecule has 0 bridgehead atoms. The van der Waals surface area contributed by atoms with E-state index in [1.54, 1.807) is 0 Å². The minimum atomic E-state index is 0.464. The first-order chi connectivity index (χ1) is 10.2. The molecule has 1 aliphatic carbocycles. The molecule has 1 fully saturated rings. The fourth-order valence-electron chi connectivity index (χ4n) is 2.71. The van der Waals surface area contributed by atoms with Crippen LogP contribution in [0.1, 0.15) is 52.3 Å². The topological polar surface area (TPSA) is 59.1 Å². The number of rotatable bonds is 7. The lowest BCUT2D eigenvalue weighted by molar-refractivity contribution is 0.128. The van der Waals surface area contributed by atoms with Gasteiger partial charge in [-0.3, -0.25) is 0 Å². The number of aromatic nitrogens is 2. The second-order valence-corrected chi connectivity index (χ2v) is 5.82. The van der Waals surface area contributed by atoms with Crippen LogP contribution < -0.4 is 10.6 Å². The SMILES string of the molecule is CCNc1cc(NC2CCC(C)CC2)nc(COCC)n1. The molecule has 0 amide bonds. The molecule has 0 aromatic carbocycles. The summed E-state index contributed by atoms with van der Waals surface area (Å²) in [7, 11) is 0. The zero-order valence-electron chi connectivity index (χ0n) is 13.5. The third kappa shape index (κ3) is 5.16. The van der Waals surface area contributed by atoms with Crippen LogP contribution >= 0.6 is 0 Å². The van der Waals surface area contributed by atoms with Crippen molar-refractivity contribution in [1.82, 2.24) is 9.97 Å². The maximum Gasteiger partial charge on any atom is 0.158 e. The average Bonchev–Trinajstić information content (AvgIpc) is 2.48. The maximum atomic E-state index is 5.43. The van der Waals surface area contributed by atoms with Crippen molar-refractivity contribution in [3.05, 3.63) is 11.9 Å². The molecule has 2 N–H and O–H groups in total. The average molecular weight is 292 g/mol. The summed E-state index contributed by atoms with van der Waals surface area (Å²) in [6.45, 7) is 8.39. The predicted octanol–water partition coefficient (Wildman–Crippen LogP) is 3.44. The Morgan fingerprint density at radius 3 is 2.52 bits per heavy atom. The van der Waals surface area contributed by atoms with E-state index < -0.39 is 0 Å². The fourth-order valence-corrected chi connectivity index (χ4v) is 2.71. The van der Waals surface area contributed by atoms with Crippen LogP contribution in [0.5, 0.6) is 0 Å². The van der Waals surface area contributed by atoms with Gasteiger partial charge in [0.1, 0.15) is 18.2 Å². The third-order valence-electron chi connectivity index (χ3n) is 3.93. The van der Waals surface area contributed by atoms with Crippen LogP contribution in [0.4, 0.5) is 11.6 Å². The molecule has 118 valence electrons. The van der Waals surface area contributed by atoms with Crippen LogP contribution in [0, 0.1) is 5.92 Å². The molecule has 0 radical (unpaired) electrons. The minimum Gasteiger partial charge on any atom is -0.374 e. The van der Waals surface area contributed by atoms with E-state index in [4.69, 9.17) is 4.74 Å². The Morgan fingerprint density at radius 1 is 1.14 bits per heavy atom. The molecule has 2 rings (SSSR count). The molecule has 0 saturated heterocycles. The lowest BCUT2D eigenvalue weighted by atomic mass is 9.87. The van der Waals surface area contributed by atoms with Gasteiger partial charge in [-0.25, -0.2) is 9.97 Å². The normalized spacial score (nSPS) is 22.0. The van der Waals surface area contributed by atoms with E-state index in [-0.39, 0.29) is 0 Å². The highest BCUT2D eigenvalue weighted by Crippen LogP contribution is 2.26. The summed E-state index contributed by atoms with van der Waals surface area (Å²) < 4.78 is 5.43. The molecular formula is C16H28N4O. The maximum absolute atomic E-state index is 5.43. The summed E-state index contributed by atoms with van der Waals surface area (Å²) in [6.07, 6.45) is 5.05. The second kappa shape index (κ2) is 8.17. The van der Waals surface area contributed by atoms with Gasteiger partial charge in [-0.2, -0.15) is 0 Å². The Morgan fingerprint density at radius 2 is 1.86 bits per heavy atom. The van der Waals surface area contributed by atoms with Crippen molar-refractivity contribution < 1.29 is 4.74 Å². The van der Waals surface area contributed by atoms with Crippen molar-refractivity contribution in [3.63, 3.8) is 0 Å². The summed E-state index contributed by atoms with van der Waals surface area (Å²) in [5, 5.41) is 6.83. The van der Waals surface area contributed by atoms with E-state index in [2.05, 4.69) is 34.4 Å². The van der Waals surface area contributed by atoms with E-state index in [1.807, 2.05) is 13.0 Å². The molecular weight excluding hydrogens is 264 g/mol. The van der Waals surface area contributed by atoms with Crippen LogP contribution in [0.15, 0.2) is 6.07 Å². The summed E-state index contributed by atoms with van der Waals surface area (Å²) in [5.41, 5.74) is 0. The van der Waals surface area contributed by atoms with Crippen LogP contribution in [0.25, 0.3) is 0 Å². The zero-order chi connectivity index (χ0) is 15.1.